The van der Waals surface area contributed by atoms with Crippen LogP contribution in [-0.2, 0) is 0 Å². The maximum atomic E-state index is 11.9. The summed E-state index contributed by atoms with van der Waals surface area (Å²) in [5.74, 6) is 0.127. The van der Waals surface area contributed by atoms with Crippen LogP contribution in [0.4, 0.5) is 0 Å². The summed E-state index contributed by atoms with van der Waals surface area (Å²) in [6.07, 6.45) is 1.48. The number of hydrogen-bond donors (Lipinski definition) is 2. The van der Waals surface area contributed by atoms with Crippen LogP contribution >= 0.6 is 22.6 Å². The van der Waals surface area contributed by atoms with E-state index in [1.165, 1.54) is 19.4 Å². The molecule has 0 heterocycles. The van der Waals surface area contributed by atoms with Crippen molar-refractivity contribution in [2.24, 2.45) is 5.10 Å². The molecule has 0 aliphatic rings. The fraction of sp³-hybridized carbons (Fsp3) is 0.0667. The van der Waals surface area contributed by atoms with Crippen LogP contribution in [0.2, 0.25) is 0 Å². The highest BCUT2D eigenvalue weighted by Gasteiger charge is 2.07. The number of hydrazone groups is 1. The third-order valence-corrected chi connectivity index (χ3v) is 3.64. The molecule has 2 aromatic rings. The Bertz CT molecular complexity index is 686. The van der Waals surface area contributed by atoms with E-state index in [2.05, 4.69) is 33.1 Å². The number of nitrogens with one attached hydrogen (secondary N) is 1. The second-order valence-corrected chi connectivity index (χ2v) is 5.27. The van der Waals surface area contributed by atoms with Crippen molar-refractivity contribution in [2.75, 3.05) is 7.11 Å². The van der Waals surface area contributed by atoms with Crippen molar-refractivity contribution in [3.8, 4) is 11.5 Å². The molecule has 0 saturated heterocycles. The predicted molar refractivity (Wildman–Crippen MR) is 88.9 cm³/mol. The molecule has 0 saturated carbocycles. The van der Waals surface area contributed by atoms with Crippen molar-refractivity contribution in [2.45, 2.75) is 0 Å². The van der Waals surface area contributed by atoms with Gasteiger partial charge < -0.3 is 9.84 Å². The lowest BCUT2D eigenvalue weighted by atomic mass is 10.2. The number of nitrogens with zero attached hydrogens (tertiary/aromatic N) is 1. The van der Waals surface area contributed by atoms with E-state index in [0.717, 1.165) is 3.57 Å². The van der Waals surface area contributed by atoms with E-state index in [4.69, 9.17) is 4.74 Å². The number of halogens is 1. The van der Waals surface area contributed by atoms with Crippen LogP contribution in [0.15, 0.2) is 47.6 Å². The van der Waals surface area contributed by atoms with Crippen LogP contribution in [0.25, 0.3) is 0 Å². The van der Waals surface area contributed by atoms with Gasteiger partial charge in [0.1, 0.15) is 0 Å². The summed E-state index contributed by atoms with van der Waals surface area (Å²) in [5.41, 5.74) is 3.73. The van der Waals surface area contributed by atoms with Gasteiger partial charge in [-0.15, -0.1) is 0 Å². The molecule has 0 fully saturated rings. The number of methoxy groups -OCH3 is 1. The van der Waals surface area contributed by atoms with Gasteiger partial charge in [0.05, 0.1) is 18.9 Å². The lowest BCUT2D eigenvalue weighted by molar-refractivity contribution is 0.0954. The molecule has 108 valence electrons. The molecule has 6 heteroatoms. The molecule has 0 aliphatic carbocycles. The first-order valence-corrected chi connectivity index (χ1v) is 7.14. The van der Waals surface area contributed by atoms with Crippen molar-refractivity contribution in [1.82, 2.24) is 5.43 Å². The number of carbonyl (C=O) groups is 1. The molecule has 0 unspecified atom stereocenters. The Balaban J connectivity index is 2.06. The molecule has 1 amide bonds. The number of phenolic OH excluding ortho intramolecular Hbond substituents is 1. The van der Waals surface area contributed by atoms with Crippen molar-refractivity contribution in [1.29, 1.82) is 0 Å². The van der Waals surface area contributed by atoms with Crippen molar-refractivity contribution in [3.05, 3.63) is 57.2 Å². The monoisotopic (exact) mass is 396 g/mol. The molecule has 0 radical (unpaired) electrons. The van der Waals surface area contributed by atoms with Crippen molar-refractivity contribution in [3.63, 3.8) is 0 Å². The molecule has 21 heavy (non-hydrogen) atoms. The Morgan fingerprint density at radius 1 is 1.33 bits per heavy atom. The van der Waals surface area contributed by atoms with Crippen LogP contribution < -0.4 is 10.2 Å². The van der Waals surface area contributed by atoms with Crippen LogP contribution in [0.3, 0.4) is 0 Å². The molecule has 2 rings (SSSR count). The molecule has 0 aliphatic heterocycles. The minimum atomic E-state index is -0.276. The third kappa shape index (κ3) is 3.94. The summed E-state index contributed by atoms with van der Waals surface area (Å²) in [4.78, 5) is 11.9. The van der Waals surface area contributed by atoms with Crippen LogP contribution in [0.1, 0.15) is 15.9 Å². The summed E-state index contributed by atoms with van der Waals surface area (Å²) in [7, 11) is 1.47. The Morgan fingerprint density at radius 2 is 2.10 bits per heavy atom. The van der Waals surface area contributed by atoms with Crippen LogP contribution in [0, 0.1) is 3.57 Å². The van der Waals surface area contributed by atoms with E-state index < -0.39 is 0 Å². The molecule has 0 aromatic heterocycles. The Hall–Kier alpha value is -2.09. The highest BCUT2D eigenvalue weighted by atomic mass is 127. The highest BCUT2D eigenvalue weighted by molar-refractivity contribution is 14.1. The quantitative estimate of drug-likeness (QED) is 0.475. The zero-order valence-corrected chi connectivity index (χ0v) is 13.4. The standard InChI is InChI=1S/C15H13IN2O3/c1-21-14-8-10(6-7-13(14)19)9-17-18-15(20)11-4-2-3-5-12(11)16/h2-9,19H,1H3,(H,18,20)/b17-9-. The summed E-state index contributed by atoms with van der Waals surface area (Å²) < 4.78 is 5.85. The van der Waals surface area contributed by atoms with Gasteiger partial charge in [-0.25, -0.2) is 5.43 Å². The first-order valence-electron chi connectivity index (χ1n) is 6.06. The van der Waals surface area contributed by atoms with E-state index in [-0.39, 0.29) is 11.7 Å². The second-order valence-electron chi connectivity index (χ2n) is 4.11. The van der Waals surface area contributed by atoms with Gasteiger partial charge in [-0.3, -0.25) is 4.79 Å². The zero-order valence-electron chi connectivity index (χ0n) is 11.2. The van der Waals surface area contributed by atoms with Gasteiger partial charge in [0, 0.05) is 3.57 Å². The molecule has 0 atom stereocenters. The maximum absolute atomic E-state index is 11.9. The lowest BCUT2D eigenvalue weighted by Crippen LogP contribution is -2.18. The summed E-state index contributed by atoms with van der Waals surface area (Å²) in [6.45, 7) is 0. The first-order chi connectivity index (χ1) is 10.1. The van der Waals surface area contributed by atoms with Crippen molar-refractivity contribution >= 4 is 34.7 Å². The van der Waals surface area contributed by atoms with Gasteiger partial charge in [0.2, 0.25) is 0 Å². The fourth-order valence-electron chi connectivity index (χ4n) is 1.65. The molecule has 2 aromatic carbocycles. The number of benzene rings is 2. The minimum absolute atomic E-state index is 0.0533. The van der Waals surface area contributed by atoms with Gasteiger partial charge in [-0.1, -0.05) is 12.1 Å². The van der Waals surface area contributed by atoms with Gasteiger partial charge in [0.15, 0.2) is 11.5 Å². The highest BCUT2D eigenvalue weighted by Crippen LogP contribution is 2.25. The minimum Gasteiger partial charge on any atom is -0.504 e. The zero-order chi connectivity index (χ0) is 15.2. The Labute approximate surface area is 135 Å². The van der Waals surface area contributed by atoms with Crippen LogP contribution in [0.5, 0.6) is 11.5 Å². The number of rotatable bonds is 4. The van der Waals surface area contributed by atoms with Gasteiger partial charge in [0.25, 0.3) is 5.91 Å². The summed E-state index contributed by atoms with van der Waals surface area (Å²) in [6, 6.07) is 12.0. The Kier molecular flexibility index (Phi) is 5.15. The van der Waals surface area contributed by atoms with E-state index >= 15 is 0 Å². The van der Waals surface area contributed by atoms with E-state index in [1.807, 2.05) is 12.1 Å². The van der Waals surface area contributed by atoms with E-state index in [0.29, 0.717) is 16.9 Å². The number of aromatic hydroxyl groups is 1. The second kappa shape index (κ2) is 7.07. The van der Waals surface area contributed by atoms with E-state index in [9.17, 15) is 9.90 Å². The number of amides is 1. The smallest absolute Gasteiger partial charge is 0.272 e. The average Bonchev–Trinajstić information content (AvgIpc) is 2.49. The number of ether oxygens (including phenoxy) is 1. The average molecular weight is 396 g/mol. The molecule has 5 nitrogen and oxygen atoms in total. The predicted octanol–water partition coefficient (Wildman–Crippen LogP) is 2.77. The van der Waals surface area contributed by atoms with Gasteiger partial charge >= 0.3 is 0 Å². The molecule has 2 N–H and O–H groups in total. The van der Waals surface area contributed by atoms with Gasteiger partial charge in [-0.05, 0) is 58.5 Å². The molecule has 0 bridgehead atoms. The third-order valence-electron chi connectivity index (χ3n) is 2.70. The number of carbonyl (C=O) groups excluding carboxylic acids is 1. The molecule has 0 spiro atoms. The topological polar surface area (TPSA) is 70.9 Å². The SMILES string of the molecule is COc1cc(/C=N\NC(=O)c2ccccc2I)ccc1O. The fourth-order valence-corrected chi connectivity index (χ4v) is 2.28. The summed E-state index contributed by atoms with van der Waals surface area (Å²) in [5, 5.41) is 13.4. The normalized spacial score (nSPS) is 10.6. The van der Waals surface area contributed by atoms with Crippen LogP contribution in [-0.4, -0.2) is 24.3 Å². The maximum Gasteiger partial charge on any atom is 0.272 e. The molecular formula is C15H13IN2O3. The largest absolute Gasteiger partial charge is 0.504 e. The lowest BCUT2D eigenvalue weighted by Gasteiger charge is -2.04. The number of phenols is 1. The Morgan fingerprint density at radius 3 is 2.81 bits per heavy atom. The van der Waals surface area contributed by atoms with Gasteiger partial charge in [-0.2, -0.15) is 5.10 Å². The van der Waals surface area contributed by atoms with E-state index in [1.54, 1.807) is 24.3 Å². The molecular weight excluding hydrogens is 383 g/mol. The summed E-state index contributed by atoms with van der Waals surface area (Å²) >= 11 is 2.09. The number of hydrogen-bond acceptors (Lipinski definition) is 4. The van der Waals surface area contributed by atoms with Crippen molar-refractivity contribution < 1.29 is 14.6 Å². The first kappa shape index (κ1) is 15.3.